The number of halogens is 3. The summed E-state index contributed by atoms with van der Waals surface area (Å²) in [5.74, 6) is -3.29. The maximum absolute atomic E-state index is 12.4. The lowest BCUT2D eigenvalue weighted by molar-refractivity contribution is -0.139. The molecule has 24 heavy (non-hydrogen) atoms. The Hall–Kier alpha value is -2.62. The van der Waals surface area contributed by atoms with Crippen LogP contribution in [0.1, 0.15) is 30.1 Å². The highest BCUT2D eigenvalue weighted by Gasteiger charge is 2.31. The first-order valence-corrected chi connectivity index (χ1v) is 6.69. The number of amides is 2. The highest BCUT2D eigenvalue weighted by Crippen LogP contribution is 2.29. The third-order valence-electron chi connectivity index (χ3n) is 3.11. The Bertz CT molecular complexity index is 616. The van der Waals surface area contributed by atoms with E-state index in [2.05, 4.69) is 5.32 Å². The molecule has 10 heteroatoms. The smallest absolute Gasteiger partial charge is 0.416 e. The van der Waals surface area contributed by atoms with Gasteiger partial charge in [-0.3, -0.25) is 14.4 Å². The van der Waals surface area contributed by atoms with Crippen molar-refractivity contribution in [3.8, 4) is 0 Å². The number of rotatable bonds is 7. The number of aliphatic carboxylic acids is 1. The van der Waals surface area contributed by atoms with Gasteiger partial charge >= 0.3 is 12.1 Å². The Balaban J connectivity index is 2.78. The summed E-state index contributed by atoms with van der Waals surface area (Å²) in [4.78, 5) is 33.5. The van der Waals surface area contributed by atoms with Crippen LogP contribution in [0.2, 0.25) is 0 Å². The fraction of sp³-hybridized carbons (Fsp3) is 0.357. The Labute approximate surface area is 134 Å². The minimum Gasteiger partial charge on any atom is -0.481 e. The van der Waals surface area contributed by atoms with E-state index in [0.29, 0.717) is 12.1 Å². The quantitative estimate of drug-likeness (QED) is 0.572. The average Bonchev–Trinajstić information content (AvgIpc) is 2.49. The van der Waals surface area contributed by atoms with Crippen molar-refractivity contribution < 1.29 is 37.8 Å². The van der Waals surface area contributed by atoms with Gasteiger partial charge in [-0.2, -0.15) is 13.2 Å². The Morgan fingerprint density at radius 2 is 1.71 bits per heavy atom. The maximum atomic E-state index is 12.4. The van der Waals surface area contributed by atoms with Gasteiger partial charge in [0.05, 0.1) is 5.56 Å². The number of alkyl halides is 3. The van der Waals surface area contributed by atoms with Crippen LogP contribution in [0.15, 0.2) is 24.3 Å². The van der Waals surface area contributed by atoms with Gasteiger partial charge in [-0.15, -0.1) is 0 Å². The number of hydrogen-bond acceptors (Lipinski definition) is 4. The molecule has 0 heterocycles. The van der Waals surface area contributed by atoms with Crippen LogP contribution in [-0.4, -0.2) is 34.0 Å². The zero-order valence-corrected chi connectivity index (χ0v) is 12.2. The topological polar surface area (TPSA) is 130 Å². The first-order chi connectivity index (χ1) is 11.0. The SMILES string of the molecule is NC(=O)[C@@H](CCC(=O)O)NC(=O)[C@@H](O)c1ccc(C(F)(F)F)cc1. The first-order valence-electron chi connectivity index (χ1n) is 6.69. The summed E-state index contributed by atoms with van der Waals surface area (Å²) in [6.07, 6.45) is -7.11. The molecule has 0 aromatic heterocycles. The molecule has 0 radical (unpaired) electrons. The molecule has 0 spiro atoms. The number of hydrogen-bond donors (Lipinski definition) is 4. The van der Waals surface area contributed by atoms with Gasteiger partial charge in [0.2, 0.25) is 5.91 Å². The van der Waals surface area contributed by atoms with E-state index in [1.54, 1.807) is 0 Å². The second-order valence-electron chi connectivity index (χ2n) is 4.92. The summed E-state index contributed by atoms with van der Waals surface area (Å²) in [7, 11) is 0. The van der Waals surface area contributed by atoms with E-state index in [1.807, 2.05) is 0 Å². The van der Waals surface area contributed by atoms with Crippen LogP contribution < -0.4 is 11.1 Å². The molecular formula is C14H15F3N2O5. The molecule has 0 fully saturated rings. The Morgan fingerprint density at radius 3 is 2.12 bits per heavy atom. The molecule has 0 bridgehead atoms. The molecule has 2 amide bonds. The first kappa shape index (κ1) is 19.4. The largest absolute Gasteiger partial charge is 0.481 e. The maximum Gasteiger partial charge on any atom is 0.416 e. The highest BCUT2D eigenvalue weighted by molar-refractivity contribution is 5.89. The number of carboxylic acid groups (broad SMARTS) is 1. The van der Waals surface area contributed by atoms with Crippen LogP contribution in [0.4, 0.5) is 13.2 Å². The monoisotopic (exact) mass is 348 g/mol. The van der Waals surface area contributed by atoms with Gasteiger partial charge in [0.25, 0.3) is 5.91 Å². The van der Waals surface area contributed by atoms with Crippen molar-refractivity contribution in [2.75, 3.05) is 0 Å². The van der Waals surface area contributed by atoms with Crippen molar-refractivity contribution in [3.05, 3.63) is 35.4 Å². The molecule has 1 aromatic carbocycles. The zero-order valence-electron chi connectivity index (χ0n) is 12.2. The number of carbonyl (C=O) groups excluding carboxylic acids is 2. The molecule has 0 aliphatic heterocycles. The second-order valence-corrected chi connectivity index (χ2v) is 4.92. The third-order valence-corrected chi connectivity index (χ3v) is 3.11. The molecule has 1 rings (SSSR count). The summed E-state index contributed by atoms with van der Waals surface area (Å²) in [6, 6.07) is 1.91. The van der Waals surface area contributed by atoms with E-state index in [1.165, 1.54) is 0 Å². The standard InChI is InChI=1S/C14H15F3N2O5/c15-14(16,17)8-3-1-7(2-4-8)11(22)13(24)19-9(12(18)23)5-6-10(20)21/h1-4,9,11,22H,5-6H2,(H2,18,23)(H,19,24)(H,20,21)/t9-,11+/m1/s1. The predicted molar refractivity (Wildman–Crippen MR) is 74.4 cm³/mol. The number of carboxylic acids is 1. The number of benzene rings is 1. The van der Waals surface area contributed by atoms with E-state index in [0.717, 1.165) is 12.1 Å². The number of carbonyl (C=O) groups is 3. The van der Waals surface area contributed by atoms with E-state index in [9.17, 15) is 32.7 Å². The molecule has 0 aliphatic rings. The lowest BCUT2D eigenvalue weighted by atomic mass is 10.0. The van der Waals surface area contributed by atoms with Gasteiger partial charge in [0.15, 0.2) is 6.10 Å². The van der Waals surface area contributed by atoms with E-state index in [4.69, 9.17) is 10.8 Å². The van der Waals surface area contributed by atoms with Gasteiger partial charge in [0, 0.05) is 6.42 Å². The molecular weight excluding hydrogens is 333 g/mol. The molecule has 7 nitrogen and oxygen atoms in total. The summed E-state index contributed by atoms with van der Waals surface area (Å²) >= 11 is 0. The summed E-state index contributed by atoms with van der Waals surface area (Å²) in [6.45, 7) is 0. The van der Waals surface area contributed by atoms with E-state index >= 15 is 0 Å². The molecule has 2 atom stereocenters. The lowest BCUT2D eigenvalue weighted by Crippen LogP contribution is -2.46. The zero-order chi connectivity index (χ0) is 18.5. The fourth-order valence-electron chi connectivity index (χ4n) is 1.81. The third kappa shape index (κ3) is 5.54. The number of aliphatic hydroxyl groups is 1. The van der Waals surface area contributed by atoms with Crippen molar-refractivity contribution in [3.63, 3.8) is 0 Å². The molecule has 1 aromatic rings. The van der Waals surface area contributed by atoms with Crippen LogP contribution in [0, 0.1) is 0 Å². The van der Waals surface area contributed by atoms with Crippen LogP contribution >= 0.6 is 0 Å². The van der Waals surface area contributed by atoms with Crippen molar-refractivity contribution in [2.45, 2.75) is 31.2 Å². The van der Waals surface area contributed by atoms with Gasteiger partial charge in [0.1, 0.15) is 6.04 Å². The minimum atomic E-state index is -4.56. The lowest BCUT2D eigenvalue weighted by Gasteiger charge is -2.18. The summed E-state index contributed by atoms with van der Waals surface area (Å²) < 4.78 is 37.3. The van der Waals surface area contributed by atoms with E-state index < -0.39 is 48.1 Å². The highest BCUT2D eigenvalue weighted by atomic mass is 19.4. The van der Waals surface area contributed by atoms with Crippen molar-refractivity contribution in [1.29, 1.82) is 0 Å². The molecule has 132 valence electrons. The summed E-state index contributed by atoms with van der Waals surface area (Å²) in [5, 5.41) is 20.4. The van der Waals surface area contributed by atoms with Gasteiger partial charge in [-0.1, -0.05) is 12.1 Å². The number of primary amides is 1. The average molecular weight is 348 g/mol. The van der Waals surface area contributed by atoms with Gasteiger partial charge in [-0.25, -0.2) is 0 Å². The van der Waals surface area contributed by atoms with Crippen LogP contribution in [0.25, 0.3) is 0 Å². The molecule has 0 saturated carbocycles. The van der Waals surface area contributed by atoms with Crippen molar-refractivity contribution >= 4 is 17.8 Å². The number of nitrogens with one attached hydrogen (secondary N) is 1. The summed E-state index contributed by atoms with van der Waals surface area (Å²) in [5.41, 5.74) is 3.95. The minimum absolute atomic E-state index is 0.123. The van der Waals surface area contributed by atoms with Gasteiger partial charge < -0.3 is 21.3 Å². The van der Waals surface area contributed by atoms with Crippen LogP contribution in [-0.2, 0) is 20.6 Å². The number of nitrogens with two attached hydrogens (primary N) is 1. The van der Waals surface area contributed by atoms with Crippen LogP contribution in [0.5, 0.6) is 0 Å². The Morgan fingerprint density at radius 1 is 1.17 bits per heavy atom. The van der Waals surface area contributed by atoms with Crippen molar-refractivity contribution in [1.82, 2.24) is 5.32 Å². The molecule has 0 unspecified atom stereocenters. The predicted octanol–water partition coefficient (Wildman–Crippen LogP) is 0.574. The second kappa shape index (κ2) is 7.77. The molecule has 0 saturated heterocycles. The molecule has 5 N–H and O–H groups in total. The normalized spacial score (nSPS) is 13.8. The van der Waals surface area contributed by atoms with Crippen LogP contribution in [0.3, 0.4) is 0 Å². The van der Waals surface area contributed by atoms with E-state index in [-0.39, 0.29) is 12.0 Å². The van der Waals surface area contributed by atoms with Gasteiger partial charge in [-0.05, 0) is 24.1 Å². The van der Waals surface area contributed by atoms with Crippen molar-refractivity contribution in [2.24, 2.45) is 5.73 Å². The fourth-order valence-corrected chi connectivity index (χ4v) is 1.81. The molecule has 0 aliphatic carbocycles. The Kier molecular flexibility index (Phi) is 6.29. The number of aliphatic hydroxyl groups excluding tert-OH is 1.